The van der Waals surface area contributed by atoms with Crippen LogP contribution in [0.5, 0.6) is 0 Å². The van der Waals surface area contributed by atoms with E-state index >= 15 is 0 Å². The van der Waals surface area contributed by atoms with Crippen LogP contribution < -0.4 is 10.6 Å². The molecule has 0 aliphatic carbocycles. The molecule has 0 saturated carbocycles. The Balaban J connectivity index is 1.29. The SMILES string of the molecule is C=C(NCC(C)CN1CCc2ccccc2C1)C1=C(C)N2C=C(C)N=CC2N1. The lowest BCUT2D eigenvalue weighted by molar-refractivity contribution is 0.219. The first-order valence-corrected chi connectivity index (χ1v) is 10.2. The van der Waals surface area contributed by atoms with Crippen LogP contribution >= 0.6 is 0 Å². The van der Waals surface area contributed by atoms with Crippen LogP contribution in [0.25, 0.3) is 0 Å². The van der Waals surface area contributed by atoms with Crippen molar-refractivity contribution >= 4 is 6.21 Å². The van der Waals surface area contributed by atoms with Crippen LogP contribution in [0.4, 0.5) is 0 Å². The summed E-state index contributed by atoms with van der Waals surface area (Å²) >= 11 is 0. The van der Waals surface area contributed by atoms with Gasteiger partial charge in [0.1, 0.15) is 6.17 Å². The Morgan fingerprint density at radius 3 is 2.93 bits per heavy atom. The van der Waals surface area contributed by atoms with Crippen LogP contribution in [-0.4, -0.2) is 41.8 Å². The Morgan fingerprint density at radius 2 is 2.11 bits per heavy atom. The second kappa shape index (κ2) is 7.84. The standard InChI is InChI=1S/C23H31N5/c1-16(13-27-10-9-20-7-5-6-8-21(20)15-27)11-25-18(3)23-19(4)28-14-17(2)24-12-22(28)26-23/h5-8,12,14,16,22,25-26H,3,9-11,13,15H2,1-2,4H3. The first-order valence-electron chi connectivity index (χ1n) is 10.2. The average Bonchev–Trinajstić information content (AvgIpc) is 3.02. The third-order valence-electron chi connectivity index (χ3n) is 5.83. The van der Waals surface area contributed by atoms with Crippen LogP contribution in [0.3, 0.4) is 0 Å². The molecule has 4 rings (SSSR count). The van der Waals surface area contributed by atoms with Gasteiger partial charge in [0, 0.05) is 44.3 Å². The molecule has 5 heteroatoms. The monoisotopic (exact) mass is 377 g/mol. The first-order chi connectivity index (χ1) is 13.5. The van der Waals surface area contributed by atoms with Gasteiger partial charge in [0.15, 0.2) is 0 Å². The molecule has 3 aliphatic rings. The second-order valence-corrected chi connectivity index (χ2v) is 8.22. The zero-order valence-corrected chi connectivity index (χ0v) is 17.2. The van der Waals surface area contributed by atoms with Crippen molar-refractivity contribution < 1.29 is 0 Å². The Labute approximate surface area is 168 Å². The summed E-state index contributed by atoms with van der Waals surface area (Å²) in [5, 5.41) is 7.07. The predicted octanol–water partition coefficient (Wildman–Crippen LogP) is 3.19. The Morgan fingerprint density at radius 1 is 1.32 bits per heavy atom. The van der Waals surface area contributed by atoms with Crippen molar-refractivity contribution in [1.29, 1.82) is 0 Å². The number of hydrogen-bond donors (Lipinski definition) is 2. The zero-order valence-electron chi connectivity index (χ0n) is 17.2. The predicted molar refractivity (Wildman–Crippen MR) is 115 cm³/mol. The van der Waals surface area contributed by atoms with Crippen LogP contribution in [0.1, 0.15) is 31.9 Å². The highest BCUT2D eigenvalue weighted by molar-refractivity contribution is 5.69. The van der Waals surface area contributed by atoms with Crippen molar-refractivity contribution in [2.45, 2.75) is 39.9 Å². The van der Waals surface area contributed by atoms with Crippen LogP contribution in [-0.2, 0) is 13.0 Å². The van der Waals surface area contributed by atoms with Gasteiger partial charge in [0.2, 0.25) is 0 Å². The quantitative estimate of drug-likeness (QED) is 0.799. The summed E-state index contributed by atoms with van der Waals surface area (Å²) < 4.78 is 0. The van der Waals surface area contributed by atoms with E-state index in [0.29, 0.717) is 5.92 Å². The molecule has 1 aromatic rings. The van der Waals surface area contributed by atoms with Gasteiger partial charge in [-0.05, 0) is 37.3 Å². The van der Waals surface area contributed by atoms with E-state index in [0.717, 1.165) is 49.7 Å². The fourth-order valence-corrected chi connectivity index (χ4v) is 4.28. The van der Waals surface area contributed by atoms with Gasteiger partial charge in [-0.1, -0.05) is 37.8 Å². The summed E-state index contributed by atoms with van der Waals surface area (Å²) in [6.45, 7) is 15.0. The van der Waals surface area contributed by atoms with E-state index in [-0.39, 0.29) is 6.17 Å². The van der Waals surface area contributed by atoms with E-state index in [4.69, 9.17) is 0 Å². The van der Waals surface area contributed by atoms with E-state index < -0.39 is 0 Å². The molecule has 3 aliphatic heterocycles. The summed E-state index contributed by atoms with van der Waals surface area (Å²) in [4.78, 5) is 9.20. The molecular weight excluding hydrogens is 346 g/mol. The lowest BCUT2D eigenvalue weighted by Gasteiger charge is -2.31. The van der Waals surface area contributed by atoms with Gasteiger partial charge < -0.3 is 15.5 Å². The summed E-state index contributed by atoms with van der Waals surface area (Å²) in [6, 6.07) is 8.83. The maximum absolute atomic E-state index is 4.41. The van der Waals surface area contributed by atoms with Gasteiger partial charge in [-0.3, -0.25) is 9.89 Å². The molecule has 148 valence electrons. The summed E-state index contributed by atoms with van der Waals surface area (Å²) in [6.07, 6.45) is 5.30. The van der Waals surface area contributed by atoms with E-state index in [9.17, 15) is 0 Å². The largest absolute Gasteiger partial charge is 0.383 e. The van der Waals surface area contributed by atoms with E-state index in [2.05, 4.69) is 76.3 Å². The third kappa shape index (κ3) is 3.85. The first kappa shape index (κ1) is 18.8. The summed E-state index contributed by atoms with van der Waals surface area (Å²) in [5.74, 6) is 0.551. The van der Waals surface area contributed by atoms with Crippen molar-refractivity contribution in [2.75, 3.05) is 19.6 Å². The number of hydrogen-bond acceptors (Lipinski definition) is 5. The van der Waals surface area contributed by atoms with Crippen molar-refractivity contribution in [3.05, 3.63) is 71.0 Å². The fourth-order valence-electron chi connectivity index (χ4n) is 4.28. The average molecular weight is 378 g/mol. The molecule has 0 fully saturated rings. The smallest absolute Gasteiger partial charge is 0.140 e. The van der Waals surface area contributed by atoms with Gasteiger partial charge in [0.05, 0.1) is 17.1 Å². The van der Waals surface area contributed by atoms with Crippen LogP contribution in [0.15, 0.2) is 64.8 Å². The molecule has 0 radical (unpaired) electrons. The Bertz CT molecular complexity index is 850. The normalized spacial score (nSPS) is 22.3. The Hall–Kier alpha value is -2.53. The molecule has 0 saturated heterocycles. The number of nitrogens with one attached hydrogen (secondary N) is 2. The van der Waals surface area contributed by atoms with Crippen molar-refractivity contribution in [2.24, 2.45) is 10.9 Å². The molecular formula is C23H31N5. The fraction of sp³-hybridized carbons (Fsp3) is 0.435. The van der Waals surface area contributed by atoms with Crippen LogP contribution in [0, 0.1) is 5.92 Å². The molecule has 28 heavy (non-hydrogen) atoms. The number of benzene rings is 1. The van der Waals surface area contributed by atoms with E-state index in [1.54, 1.807) is 0 Å². The minimum Gasteiger partial charge on any atom is -0.383 e. The molecule has 3 heterocycles. The summed E-state index contributed by atoms with van der Waals surface area (Å²) in [5.41, 5.74) is 7.25. The number of aliphatic imine (C=N–C) groups is 1. The van der Waals surface area contributed by atoms with Crippen molar-refractivity contribution in [1.82, 2.24) is 20.4 Å². The maximum atomic E-state index is 4.41. The number of nitrogens with zero attached hydrogens (tertiary/aromatic N) is 3. The highest BCUT2D eigenvalue weighted by Gasteiger charge is 2.29. The molecule has 2 unspecified atom stereocenters. The minimum atomic E-state index is 0.100. The molecule has 0 amide bonds. The van der Waals surface area contributed by atoms with Gasteiger partial charge in [-0.15, -0.1) is 0 Å². The van der Waals surface area contributed by atoms with Crippen molar-refractivity contribution in [3.8, 4) is 0 Å². The number of fused-ring (bicyclic) bond motifs is 2. The van der Waals surface area contributed by atoms with E-state index in [1.165, 1.54) is 16.8 Å². The minimum absolute atomic E-state index is 0.100. The van der Waals surface area contributed by atoms with Gasteiger partial charge >= 0.3 is 0 Å². The number of rotatable bonds is 6. The maximum Gasteiger partial charge on any atom is 0.140 e. The van der Waals surface area contributed by atoms with Gasteiger partial charge in [-0.25, -0.2) is 0 Å². The summed E-state index contributed by atoms with van der Waals surface area (Å²) in [7, 11) is 0. The zero-order chi connectivity index (χ0) is 19.7. The lowest BCUT2D eigenvalue weighted by Crippen LogP contribution is -2.38. The highest BCUT2D eigenvalue weighted by atomic mass is 15.3. The molecule has 0 aromatic heterocycles. The molecule has 1 aromatic carbocycles. The molecule has 2 atom stereocenters. The van der Waals surface area contributed by atoms with Crippen molar-refractivity contribution in [3.63, 3.8) is 0 Å². The highest BCUT2D eigenvalue weighted by Crippen LogP contribution is 2.26. The second-order valence-electron chi connectivity index (χ2n) is 8.22. The molecule has 0 bridgehead atoms. The topological polar surface area (TPSA) is 42.9 Å². The lowest BCUT2D eigenvalue weighted by atomic mass is 9.99. The molecule has 2 N–H and O–H groups in total. The molecule has 0 spiro atoms. The Kier molecular flexibility index (Phi) is 5.27. The van der Waals surface area contributed by atoms with Gasteiger partial charge in [-0.2, -0.15) is 0 Å². The molecule has 5 nitrogen and oxygen atoms in total. The van der Waals surface area contributed by atoms with E-state index in [1.807, 2.05) is 13.1 Å². The third-order valence-corrected chi connectivity index (χ3v) is 5.83. The van der Waals surface area contributed by atoms with Crippen LogP contribution in [0.2, 0.25) is 0 Å². The number of allylic oxidation sites excluding steroid dienone is 2. The van der Waals surface area contributed by atoms with Gasteiger partial charge in [0.25, 0.3) is 0 Å².